The zero-order chi connectivity index (χ0) is 10.5. The zero-order valence-corrected chi connectivity index (χ0v) is 10.2. The van der Waals surface area contributed by atoms with Crippen molar-refractivity contribution in [3.05, 3.63) is 30.3 Å². The summed E-state index contributed by atoms with van der Waals surface area (Å²) in [6.45, 7) is 3.84. The van der Waals surface area contributed by atoms with E-state index in [0.717, 1.165) is 38.4 Å². The van der Waals surface area contributed by atoms with Crippen LogP contribution in [0.1, 0.15) is 6.42 Å². The number of halogens is 1. The molecule has 1 aromatic carbocycles. The molecular weight excluding hydrogens is 224 g/mol. The summed E-state index contributed by atoms with van der Waals surface area (Å²) < 4.78 is 5.62. The second-order valence-electron chi connectivity index (χ2n) is 4.01. The van der Waals surface area contributed by atoms with Gasteiger partial charge in [-0.15, -0.1) is 12.4 Å². The number of rotatable bonds is 4. The fraction of sp³-hybridized carbons (Fsp3) is 0.500. The average Bonchev–Trinajstić information content (AvgIpc) is 2.66. The largest absolute Gasteiger partial charge is 0.492 e. The molecule has 1 saturated heterocycles. The third-order valence-corrected chi connectivity index (χ3v) is 2.73. The SMILES string of the molecule is Cl.N[C@H]1CCN(CCOc2ccccc2)C1. The Morgan fingerprint density at radius 2 is 2.06 bits per heavy atom. The lowest BCUT2D eigenvalue weighted by molar-refractivity contribution is 0.236. The second-order valence-corrected chi connectivity index (χ2v) is 4.01. The molecular formula is C12H19ClN2O. The highest BCUT2D eigenvalue weighted by atomic mass is 35.5. The predicted octanol–water partition coefficient (Wildman–Crippen LogP) is 1.52. The van der Waals surface area contributed by atoms with Crippen molar-refractivity contribution >= 4 is 12.4 Å². The molecule has 0 unspecified atom stereocenters. The van der Waals surface area contributed by atoms with Gasteiger partial charge < -0.3 is 10.5 Å². The predicted molar refractivity (Wildman–Crippen MR) is 68.2 cm³/mol. The lowest BCUT2D eigenvalue weighted by Gasteiger charge is -2.15. The van der Waals surface area contributed by atoms with Crippen LogP contribution in [0.15, 0.2) is 30.3 Å². The highest BCUT2D eigenvalue weighted by Gasteiger charge is 2.18. The van der Waals surface area contributed by atoms with Gasteiger partial charge in [0.1, 0.15) is 12.4 Å². The fourth-order valence-corrected chi connectivity index (χ4v) is 1.88. The molecule has 1 heterocycles. The molecule has 0 spiro atoms. The van der Waals surface area contributed by atoms with Gasteiger partial charge in [-0.05, 0) is 25.1 Å². The molecule has 16 heavy (non-hydrogen) atoms. The van der Waals surface area contributed by atoms with Crippen LogP contribution < -0.4 is 10.5 Å². The van der Waals surface area contributed by atoms with Gasteiger partial charge in [0, 0.05) is 19.1 Å². The quantitative estimate of drug-likeness (QED) is 0.870. The summed E-state index contributed by atoms with van der Waals surface area (Å²) in [6, 6.07) is 10.3. The molecule has 0 amide bonds. The van der Waals surface area contributed by atoms with Crippen LogP contribution in [0.5, 0.6) is 5.75 Å². The van der Waals surface area contributed by atoms with Gasteiger partial charge in [-0.3, -0.25) is 4.90 Å². The van der Waals surface area contributed by atoms with Crippen LogP contribution in [0.2, 0.25) is 0 Å². The summed E-state index contributed by atoms with van der Waals surface area (Å²) in [5, 5.41) is 0. The third-order valence-electron chi connectivity index (χ3n) is 2.73. The van der Waals surface area contributed by atoms with E-state index in [1.54, 1.807) is 0 Å². The van der Waals surface area contributed by atoms with Crippen molar-refractivity contribution in [2.24, 2.45) is 5.73 Å². The number of hydrogen-bond acceptors (Lipinski definition) is 3. The molecule has 2 N–H and O–H groups in total. The van der Waals surface area contributed by atoms with E-state index in [9.17, 15) is 0 Å². The third kappa shape index (κ3) is 4.00. The minimum absolute atomic E-state index is 0. The summed E-state index contributed by atoms with van der Waals surface area (Å²) in [5.41, 5.74) is 5.83. The Hall–Kier alpha value is -0.770. The first-order chi connectivity index (χ1) is 7.34. The van der Waals surface area contributed by atoms with E-state index in [-0.39, 0.29) is 12.4 Å². The van der Waals surface area contributed by atoms with Crippen molar-refractivity contribution in [1.29, 1.82) is 0 Å². The summed E-state index contributed by atoms with van der Waals surface area (Å²) in [5.74, 6) is 0.945. The minimum Gasteiger partial charge on any atom is -0.492 e. The van der Waals surface area contributed by atoms with Crippen molar-refractivity contribution in [1.82, 2.24) is 4.90 Å². The Kier molecular flexibility index (Phi) is 5.60. The first kappa shape index (κ1) is 13.3. The summed E-state index contributed by atoms with van der Waals surface area (Å²) in [4.78, 5) is 2.35. The van der Waals surface area contributed by atoms with Gasteiger partial charge in [0.15, 0.2) is 0 Å². The topological polar surface area (TPSA) is 38.5 Å². The average molecular weight is 243 g/mol. The van der Waals surface area contributed by atoms with Gasteiger partial charge >= 0.3 is 0 Å². The standard InChI is InChI=1S/C12H18N2O.ClH/c13-11-6-7-14(10-11)8-9-15-12-4-2-1-3-5-12;/h1-5,11H,6-10,13H2;1H/t11-;/m0./s1. The van der Waals surface area contributed by atoms with Crippen LogP contribution in [0.25, 0.3) is 0 Å². The minimum atomic E-state index is 0. The van der Waals surface area contributed by atoms with Crippen LogP contribution in [-0.4, -0.2) is 37.2 Å². The Morgan fingerprint density at radius 3 is 2.69 bits per heavy atom. The summed E-state index contributed by atoms with van der Waals surface area (Å²) in [7, 11) is 0. The van der Waals surface area contributed by atoms with Gasteiger partial charge in [-0.2, -0.15) is 0 Å². The van der Waals surface area contributed by atoms with E-state index in [4.69, 9.17) is 10.5 Å². The Labute approximate surface area is 103 Å². The maximum absolute atomic E-state index is 5.83. The number of nitrogens with two attached hydrogens (primary N) is 1. The number of hydrogen-bond donors (Lipinski definition) is 1. The van der Waals surface area contributed by atoms with Crippen molar-refractivity contribution in [2.75, 3.05) is 26.2 Å². The molecule has 90 valence electrons. The first-order valence-electron chi connectivity index (χ1n) is 5.50. The molecule has 0 aromatic heterocycles. The molecule has 0 bridgehead atoms. The maximum atomic E-state index is 5.83. The van der Waals surface area contributed by atoms with Crippen LogP contribution in [0.3, 0.4) is 0 Å². The van der Waals surface area contributed by atoms with E-state index in [0.29, 0.717) is 6.04 Å². The molecule has 1 aliphatic heterocycles. The van der Waals surface area contributed by atoms with Crippen molar-refractivity contribution < 1.29 is 4.74 Å². The summed E-state index contributed by atoms with van der Waals surface area (Å²) >= 11 is 0. The van der Waals surface area contributed by atoms with E-state index in [1.807, 2.05) is 30.3 Å². The van der Waals surface area contributed by atoms with Gasteiger partial charge in [-0.1, -0.05) is 18.2 Å². The number of ether oxygens (including phenoxy) is 1. The molecule has 1 aromatic rings. The molecule has 0 saturated carbocycles. The maximum Gasteiger partial charge on any atom is 0.119 e. The molecule has 2 rings (SSSR count). The monoisotopic (exact) mass is 242 g/mol. The first-order valence-corrected chi connectivity index (χ1v) is 5.50. The summed E-state index contributed by atoms with van der Waals surface area (Å²) in [6.07, 6.45) is 1.12. The Morgan fingerprint density at radius 1 is 1.31 bits per heavy atom. The molecule has 3 nitrogen and oxygen atoms in total. The van der Waals surface area contributed by atoms with E-state index >= 15 is 0 Å². The van der Waals surface area contributed by atoms with E-state index < -0.39 is 0 Å². The smallest absolute Gasteiger partial charge is 0.119 e. The number of para-hydroxylation sites is 1. The van der Waals surface area contributed by atoms with E-state index in [1.165, 1.54) is 0 Å². The van der Waals surface area contributed by atoms with Crippen LogP contribution in [-0.2, 0) is 0 Å². The van der Waals surface area contributed by atoms with Crippen LogP contribution in [0, 0.1) is 0 Å². The number of benzene rings is 1. The van der Waals surface area contributed by atoms with Crippen LogP contribution in [0.4, 0.5) is 0 Å². The Bertz CT molecular complexity index is 294. The highest BCUT2D eigenvalue weighted by Crippen LogP contribution is 2.09. The van der Waals surface area contributed by atoms with Gasteiger partial charge in [0.05, 0.1) is 0 Å². The van der Waals surface area contributed by atoms with Crippen molar-refractivity contribution in [3.8, 4) is 5.75 Å². The van der Waals surface area contributed by atoms with Crippen molar-refractivity contribution in [2.45, 2.75) is 12.5 Å². The normalized spacial score (nSPS) is 20.4. The second kappa shape index (κ2) is 6.74. The van der Waals surface area contributed by atoms with Crippen LogP contribution >= 0.6 is 12.4 Å². The fourth-order valence-electron chi connectivity index (χ4n) is 1.88. The zero-order valence-electron chi connectivity index (χ0n) is 9.34. The van der Waals surface area contributed by atoms with Gasteiger partial charge in [0.2, 0.25) is 0 Å². The molecule has 0 radical (unpaired) electrons. The van der Waals surface area contributed by atoms with Gasteiger partial charge in [-0.25, -0.2) is 0 Å². The lowest BCUT2D eigenvalue weighted by Crippen LogP contribution is -2.29. The molecule has 1 fully saturated rings. The molecule has 1 aliphatic rings. The molecule has 4 heteroatoms. The van der Waals surface area contributed by atoms with E-state index in [2.05, 4.69) is 4.90 Å². The lowest BCUT2D eigenvalue weighted by atomic mass is 10.3. The number of likely N-dealkylation sites (tertiary alicyclic amines) is 1. The van der Waals surface area contributed by atoms with Gasteiger partial charge in [0.25, 0.3) is 0 Å². The molecule has 0 aliphatic carbocycles. The number of nitrogens with zero attached hydrogens (tertiary/aromatic N) is 1. The highest BCUT2D eigenvalue weighted by molar-refractivity contribution is 5.85. The van der Waals surface area contributed by atoms with Crippen molar-refractivity contribution in [3.63, 3.8) is 0 Å². The Balaban J connectivity index is 0.00000128. The molecule has 1 atom stereocenters.